The van der Waals surface area contributed by atoms with Crippen LogP contribution < -0.4 is 5.32 Å². The number of carbonyl (C=O) groups is 2. The van der Waals surface area contributed by atoms with Crippen LogP contribution in [0.5, 0.6) is 0 Å². The molecule has 0 aliphatic heterocycles. The van der Waals surface area contributed by atoms with Crippen molar-refractivity contribution in [1.82, 2.24) is 0 Å². The number of carbonyl (C=O) groups excluding carboxylic acids is 2. The van der Waals surface area contributed by atoms with Crippen molar-refractivity contribution in [2.45, 2.75) is 6.92 Å². The fourth-order valence-corrected chi connectivity index (χ4v) is 3.61. The zero-order valence-corrected chi connectivity index (χ0v) is 16.8. The van der Waals surface area contributed by atoms with Gasteiger partial charge in [-0.1, -0.05) is 23.7 Å². The van der Waals surface area contributed by atoms with Crippen LogP contribution in [0.25, 0.3) is 17.2 Å². The van der Waals surface area contributed by atoms with Gasteiger partial charge in [0.05, 0.1) is 12.9 Å². The Kier molecular flexibility index (Phi) is 6.50. The van der Waals surface area contributed by atoms with Crippen molar-refractivity contribution < 1.29 is 18.7 Å². The molecule has 0 aliphatic carbocycles. The van der Waals surface area contributed by atoms with Crippen molar-refractivity contribution >= 4 is 45.9 Å². The molecular weight excluding hydrogens is 412 g/mol. The molecule has 0 spiro atoms. The van der Waals surface area contributed by atoms with Gasteiger partial charge in [-0.25, -0.2) is 4.79 Å². The molecule has 0 unspecified atom stereocenters. The molecule has 0 radical (unpaired) electrons. The van der Waals surface area contributed by atoms with E-state index in [0.717, 1.165) is 5.56 Å². The summed E-state index contributed by atoms with van der Waals surface area (Å²) in [4.78, 5) is 25.2. The van der Waals surface area contributed by atoms with Crippen molar-refractivity contribution in [2.75, 3.05) is 11.9 Å². The van der Waals surface area contributed by atoms with Gasteiger partial charge >= 0.3 is 5.97 Å². The predicted molar refractivity (Wildman–Crippen MR) is 112 cm³/mol. The number of halogens is 1. The Morgan fingerprint density at radius 1 is 1.31 bits per heavy atom. The maximum atomic E-state index is 12.6. The number of amides is 1. The number of rotatable bonds is 6. The molecule has 29 heavy (non-hydrogen) atoms. The first-order valence-electron chi connectivity index (χ1n) is 8.54. The molecule has 6 nitrogen and oxygen atoms in total. The summed E-state index contributed by atoms with van der Waals surface area (Å²) in [5, 5.41) is 14.6. The number of benzene rings is 1. The number of anilines is 1. The van der Waals surface area contributed by atoms with E-state index in [4.69, 9.17) is 20.8 Å². The summed E-state index contributed by atoms with van der Waals surface area (Å²) in [6.07, 6.45) is 2.77. The lowest BCUT2D eigenvalue weighted by molar-refractivity contribution is -0.112. The molecule has 0 fully saturated rings. The largest absolute Gasteiger partial charge is 0.465 e. The molecule has 0 atom stereocenters. The average Bonchev–Trinajstić information content (AvgIpc) is 3.36. The molecule has 2 heterocycles. The topological polar surface area (TPSA) is 92.3 Å². The maximum absolute atomic E-state index is 12.6. The molecule has 8 heteroatoms. The van der Waals surface area contributed by atoms with Crippen LogP contribution in [0.3, 0.4) is 0 Å². The number of nitriles is 1. The van der Waals surface area contributed by atoms with Crippen molar-refractivity contribution in [3.8, 4) is 17.2 Å². The molecule has 0 saturated heterocycles. The van der Waals surface area contributed by atoms with Crippen molar-refractivity contribution in [2.24, 2.45) is 0 Å². The SMILES string of the molecule is CCOC(=O)c1c(-c2ccc(Cl)cc2)csc1NC(=O)C(C#N)=Cc1ccco1. The number of furan rings is 1. The summed E-state index contributed by atoms with van der Waals surface area (Å²) in [6, 6.07) is 12.1. The van der Waals surface area contributed by atoms with Gasteiger partial charge in [0, 0.05) is 22.0 Å². The third-order valence-electron chi connectivity index (χ3n) is 3.85. The Morgan fingerprint density at radius 2 is 2.07 bits per heavy atom. The zero-order chi connectivity index (χ0) is 20.8. The monoisotopic (exact) mass is 426 g/mol. The first kappa shape index (κ1) is 20.4. The van der Waals surface area contributed by atoms with Crippen LogP contribution in [0.4, 0.5) is 5.00 Å². The van der Waals surface area contributed by atoms with Crippen LogP contribution in [-0.2, 0) is 9.53 Å². The second-order valence-electron chi connectivity index (χ2n) is 5.72. The minimum atomic E-state index is -0.654. The molecule has 1 N–H and O–H groups in total. The van der Waals surface area contributed by atoms with Crippen molar-refractivity contribution in [1.29, 1.82) is 5.26 Å². The van der Waals surface area contributed by atoms with Gasteiger partial charge in [-0.2, -0.15) is 5.26 Å². The van der Waals surface area contributed by atoms with Gasteiger partial charge in [-0.3, -0.25) is 4.79 Å². The number of hydrogen-bond donors (Lipinski definition) is 1. The second-order valence-corrected chi connectivity index (χ2v) is 7.04. The lowest BCUT2D eigenvalue weighted by atomic mass is 10.0. The second kappa shape index (κ2) is 9.24. The normalized spacial score (nSPS) is 11.0. The van der Waals surface area contributed by atoms with E-state index in [2.05, 4.69) is 5.32 Å². The van der Waals surface area contributed by atoms with Crippen LogP contribution in [0, 0.1) is 11.3 Å². The van der Waals surface area contributed by atoms with Crippen LogP contribution in [-0.4, -0.2) is 18.5 Å². The Hall–Kier alpha value is -3.34. The van der Waals surface area contributed by atoms with Crippen LogP contribution in [0.1, 0.15) is 23.0 Å². The fourth-order valence-electron chi connectivity index (χ4n) is 2.53. The van der Waals surface area contributed by atoms with E-state index in [-0.39, 0.29) is 17.7 Å². The Morgan fingerprint density at radius 3 is 2.69 bits per heavy atom. The minimum Gasteiger partial charge on any atom is -0.465 e. The third-order valence-corrected chi connectivity index (χ3v) is 5.00. The molecule has 2 aromatic heterocycles. The predicted octanol–water partition coefficient (Wildman–Crippen LogP) is 5.38. The smallest absolute Gasteiger partial charge is 0.341 e. The summed E-state index contributed by atoms with van der Waals surface area (Å²) >= 11 is 7.11. The van der Waals surface area contributed by atoms with Crippen molar-refractivity contribution in [3.63, 3.8) is 0 Å². The lowest BCUT2D eigenvalue weighted by Gasteiger charge is -2.08. The maximum Gasteiger partial charge on any atom is 0.341 e. The number of hydrogen-bond acceptors (Lipinski definition) is 6. The van der Waals surface area contributed by atoms with Crippen molar-refractivity contribution in [3.05, 3.63) is 70.0 Å². The zero-order valence-electron chi connectivity index (χ0n) is 15.3. The van der Waals surface area contributed by atoms with Crippen LogP contribution in [0.15, 0.2) is 58.0 Å². The van der Waals surface area contributed by atoms with Gasteiger partial charge in [0.25, 0.3) is 5.91 Å². The van der Waals surface area contributed by atoms with Gasteiger partial charge in [0.15, 0.2) is 0 Å². The first-order valence-corrected chi connectivity index (χ1v) is 9.80. The van der Waals surface area contributed by atoms with E-state index in [1.807, 2.05) is 6.07 Å². The van der Waals surface area contributed by atoms with Gasteiger partial charge in [0.2, 0.25) is 0 Å². The average molecular weight is 427 g/mol. The molecule has 146 valence electrons. The van der Waals surface area contributed by atoms with Gasteiger partial charge < -0.3 is 14.5 Å². The summed E-state index contributed by atoms with van der Waals surface area (Å²) < 4.78 is 10.3. The Bertz CT molecular complexity index is 1090. The molecule has 0 bridgehead atoms. The van der Waals surface area contributed by atoms with E-state index in [1.54, 1.807) is 48.7 Å². The fraction of sp³-hybridized carbons (Fsp3) is 0.0952. The highest BCUT2D eigenvalue weighted by molar-refractivity contribution is 7.15. The molecule has 3 rings (SSSR count). The standard InChI is InChI=1S/C21H15ClN2O4S/c1-2-27-21(26)18-17(13-5-7-15(22)8-6-13)12-29-20(18)24-19(25)14(11-23)10-16-4-3-9-28-16/h3-10,12H,2H2,1H3,(H,24,25). The first-order chi connectivity index (χ1) is 14.0. The molecule has 1 amide bonds. The number of ether oxygens (including phenoxy) is 1. The minimum absolute atomic E-state index is 0.156. The van der Waals surface area contributed by atoms with E-state index >= 15 is 0 Å². The Labute approximate surface area is 176 Å². The highest BCUT2D eigenvalue weighted by Gasteiger charge is 2.23. The van der Waals surface area contributed by atoms with Gasteiger partial charge in [-0.05, 0) is 36.8 Å². The van der Waals surface area contributed by atoms with Crippen LogP contribution >= 0.6 is 22.9 Å². The summed E-state index contributed by atoms with van der Waals surface area (Å²) in [7, 11) is 0. The van der Waals surface area contributed by atoms with Gasteiger partial charge in [-0.15, -0.1) is 11.3 Å². The Balaban J connectivity index is 1.96. The number of nitrogens with one attached hydrogen (secondary N) is 1. The number of thiophene rings is 1. The van der Waals surface area contributed by atoms with Gasteiger partial charge in [0.1, 0.15) is 28.0 Å². The molecule has 1 aromatic carbocycles. The molecule has 0 aliphatic rings. The number of esters is 1. The highest BCUT2D eigenvalue weighted by Crippen LogP contribution is 2.37. The van der Waals surface area contributed by atoms with Crippen LogP contribution in [0.2, 0.25) is 5.02 Å². The van der Waals surface area contributed by atoms with E-state index in [0.29, 0.717) is 21.3 Å². The lowest BCUT2D eigenvalue weighted by Crippen LogP contribution is -2.16. The third kappa shape index (κ3) is 4.74. The molecule has 3 aromatic rings. The summed E-state index contributed by atoms with van der Waals surface area (Å²) in [6.45, 7) is 1.88. The summed E-state index contributed by atoms with van der Waals surface area (Å²) in [5.74, 6) is -0.850. The quantitative estimate of drug-likeness (QED) is 0.324. The molecule has 0 saturated carbocycles. The number of nitrogens with zero attached hydrogens (tertiary/aromatic N) is 1. The summed E-state index contributed by atoms with van der Waals surface area (Å²) in [5.41, 5.74) is 1.42. The van der Waals surface area contributed by atoms with E-state index < -0.39 is 11.9 Å². The van der Waals surface area contributed by atoms with E-state index in [9.17, 15) is 14.9 Å². The highest BCUT2D eigenvalue weighted by atomic mass is 35.5. The molecular formula is C21H15ClN2O4S. The van der Waals surface area contributed by atoms with E-state index in [1.165, 1.54) is 23.7 Å².